The summed E-state index contributed by atoms with van der Waals surface area (Å²) in [6, 6.07) is 12.1. The number of non-ortho nitro benzene ring substituents is 1. The Morgan fingerprint density at radius 3 is 2.34 bits per heavy atom. The standard InChI is InChI=1S/C25H25N3O7/c1-14(29)21-20-12-19(16-6-8-17(9-7-16)23(30)26(2)3)22(27(20)24(21)31)25(32)35-13-15-4-10-18(11-5-15)28(33)34/h4-11,14,20-21,29H,12-13H2,1-3H3/t14-,20-,21-/m1/s1. The largest absolute Gasteiger partial charge is 0.456 e. The molecule has 0 aromatic heterocycles. The highest BCUT2D eigenvalue weighted by Gasteiger charge is 2.57. The number of benzene rings is 2. The first-order valence-corrected chi connectivity index (χ1v) is 11.1. The van der Waals surface area contributed by atoms with E-state index in [4.69, 9.17) is 4.74 Å². The molecule has 0 aliphatic carbocycles. The zero-order valence-corrected chi connectivity index (χ0v) is 19.5. The third kappa shape index (κ3) is 4.40. The molecule has 0 spiro atoms. The Labute approximate surface area is 201 Å². The molecular formula is C25H25N3O7. The molecule has 10 heteroatoms. The van der Waals surface area contributed by atoms with Gasteiger partial charge >= 0.3 is 5.97 Å². The van der Waals surface area contributed by atoms with Gasteiger partial charge in [0, 0.05) is 31.8 Å². The van der Waals surface area contributed by atoms with Crippen molar-refractivity contribution in [3.05, 3.63) is 81.0 Å². The number of nitro groups is 1. The number of carbonyl (C=O) groups excluding carboxylic acids is 3. The van der Waals surface area contributed by atoms with E-state index in [1.165, 1.54) is 34.1 Å². The number of aliphatic hydroxyl groups excluding tert-OH is 1. The first-order valence-electron chi connectivity index (χ1n) is 11.1. The number of esters is 1. The van der Waals surface area contributed by atoms with Crippen molar-refractivity contribution in [1.29, 1.82) is 0 Å². The highest BCUT2D eigenvalue weighted by Crippen LogP contribution is 2.47. The molecule has 0 unspecified atom stereocenters. The molecule has 2 aliphatic rings. The summed E-state index contributed by atoms with van der Waals surface area (Å²) in [4.78, 5) is 51.3. The van der Waals surface area contributed by atoms with E-state index >= 15 is 0 Å². The van der Waals surface area contributed by atoms with Crippen molar-refractivity contribution in [3.8, 4) is 0 Å². The fraction of sp³-hybridized carbons (Fsp3) is 0.320. The molecule has 0 bridgehead atoms. The normalized spacial score (nSPS) is 19.7. The van der Waals surface area contributed by atoms with Gasteiger partial charge in [-0.15, -0.1) is 0 Å². The maximum absolute atomic E-state index is 13.1. The van der Waals surface area contributed by atoms with E-state index in [9.17, 15) is 29.6 Å². The minimum atomic E-state index is -0.861. The highest BCUT2D eigenvalue weighted by atomic mass is 16.6. The lowest BCUT2D eigenvalue weighted by Crippen LogP contribution is -2.61. The predicted octanol–water partition coefficient (Wildman–Crippen LogP) is 2.36. The van der Waals surface area contributed by atoms with Crippen molar-refractivity contribution in [2.24, 2.45) is 5.92 Å². The zero-order valence-electron chi connectivity index (χ0n) is 19.5. The minimum Gasteiger partial charge on any atom is -0.456 e. The molecule has 0 radical (unpaired) electrons. The van der Waals surface area contributed by atoms with Crippen LogP contribution in [-0.2, 0) is 20.9 Å². The first-order chi connectivity index (χ1) is 16.6. The van der Waals surface area contributed by atoms with Crippen LogP contribution in [-0.4, -0.2) is 63.9 Å². The van der Waals surface area contributed by atoms with Crippen molar-refractivity contribution in [2.75, 3.05) is 14.1 Å². The van der Waals surface area contributed by atoms with Gasteiger partial charge in [-0.25, -0.2) is 4.79 Å². The second-order valence-corrected chi connectivity index (χ2v) is 8.85. The van der Waals surface area contributed by atoms with Crippen LogP contribution in [0.4, 0.5) is 5.69 Å². The molecule has 2 aliphatic heterocycles. The van der Waals surface area contributed by atoms with E-state index in [-0.39, 0.29) is 35.8 Å². The molecule has 10 nitrogen and oxygen atoms in total. The first kappa shape index (κ1) is 24.1. The molecule has 2 aromatic rings. The molecule has 2 amide bonds. The molecule has 2 heterocycles. The number of amides is 2. The molecule has 2 aromatic carbocycles. The fourth-order valence-electron chi connectivity index (χ4n) is 4.52. The molecular weight excluding hydrogens is 454 g/mol. The number of aliphatic hydroxyl groups is 1. The van der Waals surface area contributed by atoms with Gasteiger partial charge in [-0.3, -0.25) is 19.7 Å². The summed E-state index contributed by atoms with van der Waals surface area (Å²) in [6.45, 7) is 1.42. The van der Waals surface area contributed by atoms with E-state index in [0.717, 1.165) is 0 Å². The van der Waals surface area contributed by atoms with Crippen molar-refractivity contribution >= 4 is 29.0 Å². The number of rotatable bonds is 7. The van der Waals surface area contributed by atoms with Gasteiger partial charge < -0.3 is 19.6 Å². The Morgan fingerprint density at radius 1 is 1.17 bits per heavy atom. The Morgan fingerprint density at radius 2 is 1.80 bits per heavy atom. The fourth-order valence-corrected chi connectivity index (χ4v) is 4.52. The van der Waals surface area contributed by atoms with Gasteiger partial charge in [-0.1, -0.05) is 12.1 Å². The average molecular weight is 479 g/mol. The van der Waals surface area contributed by atoms with Gasteiger partial charge in [0.1, 0.15) is 12.3 Å². The summed E-state index contributed by atoms with van der Waals surface area (Å²) in [7, 11) is 3.31. The molecule has 3 atom stereocenters. The quantitative estimate of drug-likeness (QED) is 0.279. The van der Waals surface area contributed by atoms with Crippen molar-refractivity contribution in [3.63, 3.8) is 0 Å². The van der Waals surface area contributed by atoms with Gasteiger partial charge in [0.2, 0.25) is 5.91 Å². The summed E-state index contributed by atoms with van der Waals surface area (Å²) in [5.74, 6) is -1.82. The third-order valence-corrected chi connectivity index (χ3v) is 6.33. The van der Waals surface area contributed by atoms with E-state index in [1.54, 1.807) is 45.3 Å². The van der Waals surface area contributed by atoms with Crippen molar-refractivity contribution in [1.82, 2.24) is 9.80 Å². The Balaban J connectivity index is 1.61. The second-order valence-electron chi connectivity index (χ2n) is 8.85. The van der Waals surface area contributed by atoms with Gasteiger partial charge in [-0.2, -0.15) is 0 Å². The Bertz CT molecular complexity index is 1220. The Hall–Kier alpha value is -4.05. The van der Waals surface area contributed by atoms with Crippen LogP contribution in [0.2, 0.25) is 0 Å². The molecule has 1 fully saturated rings. The minimum absolute atomic E-state index is 0.0738. The molecule has 182 valence electrons. The van der Waals surface area contributed by atoms with Gasteiger partial charge in [0.05, 0.1) is 23.0 Å². The van der Waals surface area contributed by atoms with Crippen LogP contribution in [0.3, 0.4) is 0 Å². The van der Waals surface area contributed by atoms with Gasteiger partial charge in [0.25, 0.3) is 11.6 Å². The zero-order chi connectivity index (χ0) is 25.4. The Kier molecular flexibility index (Phi) is 6.40. The lowest BCUT2D eigenvalue weighted by atomic mass is 9.82. The number of carbonyl (C=O) groups is 3. The van der Waals surface area contributed by atoms with E-state index in [0.29, 0.717) is 28.7 Å². The van der Waals surface area contributed by atoms with Crippen LogP contribution in [0.1, 0.15) is 34.8 Å². The van der Waals surface area contributed by atoms with Crippen molar-refractivity contribution in [2.45, 2.75) is 32.1 Å². The number of fused-ring (bicyclic) bond motifs is 1. The third-order valence-electron chi connectivity index (χ3n) is 6.33. The van der Waals surface area contributed by atoms with Gasteiger partial charge in [0.15, 0.2) is 0 Å². The highest BCUT2D eigenvalue weighted by molar-refractivity contribution is 6.07. The molecule has 0 saturated carbocycles. The van der Waals surface area contributed by atoms with Crippen LogP contribution < -0.4 is 0 Å². The smallest absolute Gasteiger partial charge is 0.355 e. The number of β-lactam (4-membered cyclic amide) rings is 1. The maximum atomic E-state index is 13.1. The molecule has 1 saturated heterocycles. The lowest BCUT2D eigenvalue weighted by molar-refractivity contribution is -0.384. The van der Waals surface area contributed by atoms with Crippen LogP contribution in [0.25, 0.3) is 5.57 Å². The van der Waals surface area contributed by atoms with Crippen LogP contribution in [0.5, 0.6) is 0 Å². The van der Waals surface area contributed by atoms with Crippen LogP contribution >= 0.6 is 0 Å². The predicted molar refractivity (Wildman–Crippen MR) is 125 cm³/mol. The monoisotopic (exact) mass is 479 g/mol. The molecule has 4 rings (SSSR count). The summed E-state index contributed by atoms with van der Waals surface area (Å²) < 4.78 is 5.47. The second kappa shape index (κ2) is 9.30. The van der Waals surface area contributed by atoms with E-state index < -0.39 is 22.9 Å². The van der Waals surface area contributed by atoms with E-state index in [2.05, 4.69) is 0 Å². The van der Waals surface area contributed by atoms with Gasteiger partial charge in [-0.05, 0) is 54.3 Å². The number of nitro benzene ring substituents is 1. The van der Waals surface area contributed by atoms with Crippen LogP contribution in [0, 0.1) is 16.0 Å². The number of ether oxygens (including phenoxy) is 1. The number of nitrogens with zero attached hydrogens (tertiary/aromatic N) is 3. The molecule has 35 heavy (non-hydrogen) atoms. The van der Waals surface area contributed by atoms with E-state index in [1.807, 2.05) is 0 Å². The number of hydrogen-bond donors (Lipinski definition) is 1. The summed E-state index contributed by atoms with van der Waals surface area (Å²) in [6.07, 6.45) is -0.495. The average Bonchev–Trinajstić information content (AvgIpc) is 3.17. The summed E-state index contributed by atoms with van der Waals surface area (Å²) >= 11 is 0. The van der Waals surface area contributed by atoms with Crippen molar-refractivity contribution < 1.29 is 29.2 Å². The summed E-state index contributed by atoms with van der Waals surface area (Å²) in [5, 5.41) is 20.9. The lowest BCUT2D eigenvalue weighted by Gasteiger charge is -2.44. The topological polar surface area (TPSA) is 130 Å². The molecule has 1 N–H and O–H groups in total. The van der Waals surface area contributed by atoms with Crippen LogP contribution in [0.15, 0.2) is 54.2 Å². The maximum Gasteiger partial charge on any atom is 0.355 e. The summed E-state index contributed by atoms with van der Waals surface area (Å²) in [5.41, 5.74) is 2.36. The number of hydrogen-bond acceptors (Lipinski definition) is 7. The SMILES string of the molecule is C[C@@H](O)[C@H]1C(=O)N2C(C(=O)OCc3ccc([N+](=O)[O-])cc3)=C(c3ccc(C(=O)N(C)C)cc3)C[C@H]12.